The van der Waals surface area contributed by atoms with E-state index in [-0.39, 0.29) is 58.3 Å². The second-order valence-corrected chi connectivity index (χ2v) is 24.5. The molecule has 232 valence electrons. The van der Waals surface area contributed by atoms with Gasteiger partial charge in [0.25, 0.3) is 0 Å². The van der Waals surface area contributed by atoms with Gasteiger partial charge in [0.15, 0.2) is 16.6 Å². The SMILES string of the molecule is C=CCOC(=O)N1CC(C2=C(C(=O)O)N3C(=O)[C@H]([C@@H](C)O[Si](C)(C)C(C)(C)C)[C@H]3C2)C[C@H]1CO[Si](C)(C)C(C)(C)C. The molecule has 1 N–H and O–H groups in total. The number of likely N-dealkylation sites (tertiary alicyclic amines) is 1. The number of nitrogens with zero attached hydrogens (tertiary/aromatic N) is 2. The van der Waals surface area contributed by atoms with E-state index in [4.69, 9.17) is 13.6 Å². The van der Waals surface area contributed by atoms with Crippen LogP contribution in [0, 0.1) is 11.8 Å². The number of ether oxygens (including phenoxy) is 1. The Morgan fingerprint density at radius 3 is 2.20 bits per heavy atom. The molecule has 0 aromatic rings. The van der Waals surface area contributed by atoms with Crippen LogP contribution in [0.1, 0.15) is 61.3 Å². The van der Waals surface area contributed by atoms with Crippen LogP contribution in [-0.2, 0) is 23.2 Å². The fourth-order valence-corrected chi connectivity index (χ4v) is 8.12. The number of aliphatic carboxylic acids is 1. The zero-order valence-electron chi connectivity index (χ0n) is 27.0. The number of carbonyl (C=O) groups is 3. The monoisotopic (exact) mass is 608 g/mol. The van der Waals surface area contributed by atoms with Crippen LogP contribution >= 0.6 is 0 Å². The summed E-state index contributed by atoms with van der Waals surface area (Å²) in [6.45, 7) is 28.0. The molecular weight excluding hydrogens is 557 g/mol. The molecule has 3 rings (SSSR count). The Hall–Kier alpha value is -1.96. The second kappa shape index (κ2) is 11.6. The van der Waals surface area contributed by atoms with Crippen molar-refractivity contribution in [2.45, 2.75) is 116 Å². The van der Waals surface area contributed by atoms with Gasteiger partial charge in [0.05, 0.1) is 30.7 Å². The highest BCUT2D eigenvalue weighted by molar-refractivity contribution is 6.74. The number of rotatable bonds is 10. The molecule has 41 heavy (non-hydrogen) atoms. The van der Waals surface area contributed by atoms with Gasteiger partial charge in [-0.05, 0) is 61.6 Å². The number of carboxylic acids is 1. The molecule has 0 aromatic carbocycles. The van der Waals surface area contributed by atoms with Gasteiger partial charge in [-0.15, -0.1) is 0 Å². The zero-order valence-corrected chi connectivity index (χ0v) is 29.0. The fraction of sp³-hybridized carbons (Fsp3) is 0.767. The van der Waals surface area contributed by atoms with Crippen LogP contribution in [0.15, 0.2) is 23.9 Å². The summed E-state index contributed by atoms with van der Waals surface area (Å²) in [5.41, 5.74) is 0.806. The predicted octanol–water partition coefficient (Wildman–Crippen LogP) is 6.00. The van der Waals surface area contributed by atoms with Crippen molar-refractivity contribution in [2.75, 3.05) is 19.8 Å². The number of β-lactam (4-membered cyclic amide) rings is 1. The van der Waals surface area contributed by atoms with E-state index in [0.717, 1.165) is 5.57 Å². The summed E-state index contributed by atoms with van der Waals surface area (Å²) in [5, 5.41) is 10.2. The number of hydrogen-bond acceptors (Lipinski definition) is 6. The van der Waals surface area contributed by atoms with Crippen LogP contribution in [0.5, 0.6) is 0 Å². The van der Waals surface area contributed by atoms with Crippen molar-refractivity contribution in [3.8, 4) is 0 Å². The molecule has 0 aliphatic carbocycles. The minimum absolute atomic E-state index is 0.00589. The van der Waals surface area contributed by atoms with Crippen LogP contribution in [0.3, 0.4) is 0 Å². The standard InChI is InChI=1S/C30H52N2O7Si2/c1-13-14-37-28(36)31-17-20(15-21(31)18-38-40(9,10)29(3,4)5)22-16-23-24(26(33)32(23)25(22)27(34)35)19(2)39-41(11,12)30(6,7)8/h13,19-21,23-24H,1,14-18H2,2-12H3,(H,34,35)/t19-,20?,21+,23-,24-/m1/s1. The molecule has 11 heteroatoms. The molecule has 3 aliphatic rings. The summed E-state index contributed by atoms with van der Waals surface area (Å²) >= 11 is 0. The van der Waals surface area contributed by atoms with Crippen LogP contribution in [0.25, 0.3) is 0 Å². The first kappa shape index (κ1) is 33.5. The Balaban J connectivity index is 1.84. The van der Waals surface area contributed by atoms with Crippen LogP contribution in [0.4, 0.5) is 4.79 Å². The molecule has 2 saturated heterocycles. The van der Waals surface area contributed by atoms with E-state index in [2.05, 4.69) is 74.3 Å². The van der Waals surface area contributed by atoms with E-state index in [0.29, 0.717) is 26.0 Å². The van der Waals surface area contributed by atoms with Crippen molar-refractivity contribution in [3.63, 3.8) is 0 Å². The first-order chi connectivity index (χ1) is 18.6. The lowest BCUT2D eigenvalue weighted by Gasteiger charge is -2.48. The molecule has 0 saturated carbocycles. The average molecular weight is 609 g/mol. The van der Waals surface area contributed by atoms with E-state index >= 15 is 0 Å². The summed E-state index contributed by atoms with van der Waals surface area (Å²) in [6, 6.07) is -0.498. The molecule has 1 unspecified atom stereocenters. The molecule has 2 fully saturated rings. The van der Waals surface area contributed by atoms with E-state index < -0.39 is 28.7 Å². The van der Waals surface area contributed by atoms with Crippen molar-refractivity contribution >= 4 is 34.6 Å². The first-order valence-electron chi connectivity index (χ1n) is 14.8. The smallest absolute Gasteiger partial charge is 0.410 e. The minimum atomic E-state index is -2.12. The van der Waals surface area contributed by atoms with Gasteiger partial charge < -0.3 is 28.5 Å². The summed E-state index contributed by atoms with van der Waals surface area (Å²) in [4.78, 5) is 42.1. The minimum Gasteiger partial charge on any atom is -0.477 e. The number of carboxylic acid groups (broad SMARTS) is 1. The van der Waals surface area contributed by atoms with Gasteiger partial charge in [-0.3, -0.25) is 4.79 Å². The summed E-state index contributed by atoms with van der Waals surface area (Å²) < 4.78 is 18.5. The highest BCUT2D eigenvalue weighted by Gasteiger charge is 2.59. The highest BCUT2D eigenvalue weighted by atomic mass is 28.4. The molecule has 3 aliphatic heterocycles. The molecule has 0 spiro atoms. The Morgan fingerprint density at radius 1 is 1.10 bits per heavy atom. The summed E-state index contributed by atoms with van der Waals surface area (Å²) in [7, 11) is -4.21. The Kier molecular flexibility index (Phi) is 9.50. The molecular formula is C30H52N2O7Si2. The van der Waals surface area contributed by atoms with Crippen molar-refractivity contribution in [1.29, 1.82) is 0 Å². The number of hydrogen-bond donors (Lipinski definition) is 1. The lowest BCUT2D eigenvalue weighted by Crippen LogP contribution is -2.63. The van der Waals surface area contributed by atoms with Gasteiger partial charge in [-0.25, -0.2) is 9.59 Å². The molecule has 5 atom stereocenters. The lowest BCUT2D eigenvalue weighted by molar-refractivity contribution is -0.160. The van der Waals surface area contributed by atoms with E-state index in [1.165, 1.54) is 11.0 Å². The van der Waals surface area contributed by atoms with Crippen molar-refractivity contribution in [1.82, 2.24) is 9.80 Å². The van der Waals surface area contributed by atoms with Gasteiger partial charge in [0.1, 0.15) is 12.3 Å². The quantitative estimate of drug-likeness (QED) is 0.184. The maximum atomic E-state index is 13.4. The van der Waals surface area contributed by atoms with Gasteiger partial charge in [-0.2, -0.15) is 0 Å². The lowest BCUT2D eigenvalue weighted by atomic mass is 9.81. The third kappa shape index (κ3) is 6.52. The van der Waals surface area contributed by atoms with Gasteiger partial charge >= 0.3 is 12.1 Å². The van der Waals surface area contributed by atoms with Crippen molar-refractivity contribution in [3.05, 3.63) is 23.9 Å². The number of carbonyl (C=O) groups excluding carboxylic acids is 2. The van der Waals surface area contributed by atoms with E-state index in [1.54, 1.807) is 4.90 Å². The van der Waals surface area contributed by atoms with Gasteiger partial charge in [0, 0.05) is 12.5 Å². The Morgan fingerprint density at radius 2 is 1.68 bits per heavy atom. The zero-order chi connectivity index (χ0) is 31.3. The van der Waals surface area contributed by atoms with Crippen LogP contribution in [0.2, 0.25) is 36.3 Å². The predicted molar refractivity (Wildman–Crippen MR) is 164 cm³/mol. The Bertz CT molecular complexity index is 1090. The van der Waals surface area contributed by atoms with Gasteiger partial charge in [-0.1, -0.05) is 54.2 Å². The highest BCUT2D eigenvalue weighted by Crippen LogP contribution is 2.50. The molecule has 0 bridgehead atoms. The normalized spacial score (nSPS) is 26.2. The third-order valence-electron chi connectivity index (χ3n) is 10.1. The van der Waals surface area contributed by atoms with Crippen LogP contribution in [-0.4, -0.2) is 87.5 Å². The molecule has 2 amide bonds. The van der Waals surface area contributed by atoms with Gasteiger partial charge in [0.2, 0.25) is 5.91 Å². The Labute approximate surface area is 248 Å². The van der Waals surface area contributed by atoms with Crippen LogP contribution < -0.4 is 0 Å². The molecule has 3 heterocycles. The first-order valence-corrected chi connectivity index (χ1v) is 20.6. The average Bonchev–Trinajstić information content (AvgIpc) is 3.39. The van der Waals surface area contributed by atoms with E-state index in [1.807, 2.05) is 6.92 Å². The topological polar surface area (TPSA) is 106 Å². The molecule has 9 nitrogen and oxygen atoms in total. The van der Waals surface area contributed by atoms with Crippen molar-refractivity contribution < 1.29 is 33.1 Å². The summed E-state index contributed by atoms with van der Waals surface area (Å²) in [6.07, 6.45) is 1.79. The number of fused-ring (bicyclic) bond motifs is 1. The maximum Gasteiger partial charge on any atom is 0.410 e. The molecule has 0 radical (unpaired) electrons. The second-order valence-electron chi connectivity index (χ2n) is 14.9. The summed E-state index contributed by atoms with van der Waals surface area (Å²) in [5.74, 6) is -1.88. The maximum absolute atomic E-state index is 13.4. The number of amides is 2. The third-order valence-corrected chi connectivity index (χ3v) is 19.2. The molecule has 0 aromatic heterocycles. The largest absolute Gasteiger partial charge is 0.477 e. The van der Waals surface area contributed by atoms with E-state index in [9.17, 15) is 19.5 Å². The fourth-order valence-electron chi connectivity index (χ4n) is 5.65. The van der Waals surface area contributed by atoms with Crippen molar-refractivity contribution in [2.24, 2.45) is 11.8 Å².